The van der Waals surface area contributed by atoms with Gasteiger partial charge in [-0.25, -0.2) is 0 Å². The van der Waals surface area contributed by atoms with E-state index in [2.05, 4.69) is 17.1 Å². The summed E-state index contributed by atoms with van der Waals surface area (Å²) in [6, 6.07) is 0.658. The normalized spacial score (nSPS) is 22.0. The lowest BCUT2D eigenvalue weighted by Gasteiger charge is -2.27. The van der Waals surface area contributed by atoms with Crippen molar-refractivity contribution in [1.82, 2.24) is 10.2 Å². The molecule has 2 aliphatic carbocycles. The van der Waals surface area contributed by atoms with Gasteiger partial charge >= 0.3 is 0 Å². The summed E-state index contributed by atoms with van der Waals surface area (Å²) in [7, 11) is 0. The molecule has 0 unspecified atom stereocenters. The summed E-state index contributed by atoms with van der Waals surface area (Å²) in [5.74, 6) is 0.971. The minimum atomic E-state index is 0.235. The predicted octanol–water partition coefficient (Wildman–Crippen LogP) is 2.95. The van der Waals surface area contributed by atoms with Gasteiger partial charge in [0.05, 0.1) is 6.54 Å². The van der Waals surface area contributed by atoms with E-state index in [0.29, 0.717) is 12.6 Å². The molecule has 0 radical (unpaired) electrons. The number of rotatable bonds is 6. The summed E-state index contributed by atoms with van der Waals surface area (Å²) in [4.78, 5) is 14.4. The fourth-order valence-corrected chi connectivity index (χ4v) is 3.66. The number of hydrogen-bond acceptors (Lipinski definition) is 2. The Morgan fingerprint density at radius 3 is 2.32 bits per heavy atom. The molecule has 1 N–H and O–H groups in total. The standard InChI is InChI=1S/C16H30N2O/c1-2-18(15-10-6-7-11-15)13-16(19)17-12-14-8-4-3-5-9-14/h14-15H,2-13H2,1H3,(H,17,19). The van der Waals surface area contributed by atoms with Crippen LogP contribution in [0.5, 0.6) is 0 Å². The zero-order valence-electron chi connectivity index (χ0n) is 12.5. The third-order valence-corrected chi connectivity index (χ3v) is 4.91. The van der Waals surface area contributed by atoms with Crippen molar-refractivity contribution >= 4 is 5.91 Å². The van der Waals surface area contributed by atoms with Gasteiger partial charge in [-0.15, -0.1) is 0 Å². The first-order chi connectivity index (χ1) is 9.29. The van der Waals surface area contributed by atoms with Crippen molar-refractivity contribution in [3.8, 4) is 0 Å². The fraction of sp³-hybridized carbons (Fsp3) is 0.938. The van der Waals surface area contributed by atoms with Gasteiger partial charge in [0.25, 0.3) is 0 Å². The molecule has 1 amide bonds. The number of carbonyl (C=O) groups is 1. The van der Waals surface area contributed by atoms with E-state index in [1.165, 1.54) is 57.8 Å². The first-order valence-electron chi connectivity index (χ1n) is 8.30. The molecule has 3 nitrogen and oxygen atoms in total. The SMILES string of the molecule is CCN(CC(=O)NCC1CCCCC1)C1CCCC1. The molecule has 0 aromatic carbocycles. The Labute approximate surface area is 118 Å². The van der Waals surface area contributed by atoms with E-state index in [1.54, 1.807) is 0 Å². The molecule has 19 heavy (non-hydrogen) atoms. The monoisotopic (exact) mass is 266 g/mol. The molecule has 0 heterocycles. The van der Waals surface area contributed by atoms with Gasteiger partial charge in [0, 0.05) is 12.6 Å². The van der Waals surface area contributed by atoms with Gasteiger partial charge in [0.2, 0.25) is 5.91 Å². The number of likely N-dealkylation sites (N-methyl/N-ethyl adjacent to an activating group) is 1. The first-order valence-corrected chi connectivity index (χ1v) is 8.30. The highest BCUT2D eigenvalue weighted by atomic mass is 16.2. The van der Waals surface area contributed by atoms with Crippen molar-refractivity contribution in [3.05, 3.63) is 0 Å². The zero-order chi connectivity index (χ0) is 13.5. The van der Waals surface area contributed by atoms with Crippen LogP contribution in [0.25, 0.3) is 0 Å². The Kier molecular flexibility index (Phi) is 6.15. The average Bonchev–Trinajstić information content (AvgIpc) is 2.97. The molecule has 110 valence electrons. The molecular weight excluding hydrogens is 236 g/mol. The quantitative estimate of drug-likeness (QED) is 0.801. The van der Waals surface area contributed by atoms with Gasteiger partial charge in [-0.1, -0.05) is 39.0 Å². The second-order valence-corrected chi connectivity index (χ2v) is 6.31. The van der Waals surface area contributed by atoms with Crippen LogP contribution in [-0.4, -0.2) is 36.5 Å². The number of nitrogens with zero attached hydrogens (tertiary/aromatic N) is 1. The van der Waals surface area contributed by atoms with Crippen molar-refractivity contribution in [2.75, 3.05) is 19.6 Å². The lowest BCUT2D eigenvalue weighted by Crippen LogP contribution is -2.43. The average molecular weight is 266 g/mol. The Hall–Kier alpha value is -0.570. The van der Waals surface area contributed by atoms with Crippen molar-refractivity contribution in [1.29, 1.82) is 0 Å². The van der Waals surface area contributed by atoms with E-state index in [-0.39, 0.29) is 5.91 Å². The second kappa shape index (κ2) is 7.88. The van der Waals surface area contributed by atoms with Crippen LogP contribution >= 0.6 is 0 Å². The summed E-state index contributed by atoms with van der Waals surface area (Å²) in [5.41, 5.74) is 0. The van der Waals surface area contributed by atoms with Gasteiger partial charge < -0.3 is 5.32 Å². The summed E-state index contributed by atoms with van der Waals surface area (Å²) in [6.45, 7) is 4.68. The summed E-state index contributed by atoms with van der Waals surface area (Å²) in [6.07, 6.45) is 11.9. The van der Waals surface area contributed by atoms with E-state index in [9.17, 15) is 4.79 Å². The lowest BCUT2D eigenvalue weighted by atomic mass is 9.89. The number of amides is 1. The third-order valence-electron chi connectivity index (χ3n) is 4.91. The molecule has 2 rings (SSSR count). The van der Waals surface area contributed by atoms with Crippen LogP contribution in [-0.2, 0) is 4.79 Å². The van der Waals surface area contributed by atoms with Crippen LogP contribution in [0.4, 0.5) is 0 Å². The molecule has 0 aliphatic heterocycles. The van der Waals surface area contributed by atoms with Gasteiger partial charge in [-0.2, -0.15) is 0 Å². The molecule has 0 saturated heterocycles. The van der Waals surface area contributed by atoms with Crippen molar-refractivity contribution < 1.29 is 4.79 Å². The van der Waals surface area contributed by atoms with Crippen LogP contribution in [0.1, 0.15) is 64.7 Å². The molecule has 0 spiro atoms. The van der Waals surface area contributed by atoms with Crippen LogP contribution in [0.15, 0.2) is 0 Å². The maximum atomic E-state index is 12.1. The van der Waals surface area contributed by atoms with Crippen LogP contribution in [0, 0.1) is 5.92 Å². The van der Waals surface area contributed by atoms with Crippen molar-refractivity contribution in [3.63, 3.8) is 0 Å². The van der Waals surface area contributed by atoms with E-state index in [4.69, 9.17) is 0 Å². The van der Waals surface area contributed by atoms with Gasteiger partial charge in [-0.3, -0.25) is 9.69 Å². The maximum Gasteiger partial charge on any atom is 0.234 e. The largest absolute Gasteiger partial charge is 0.355 e. The lowest BCUT2D eigenvalue weighted by molar-refractivity contribution is -0.123. The second-order valence-electron chi connectivity index (χ2n) is 6.31. The van der Waals surface area contributed by atoms with Gasteiger partial charge in [0.1, 0.15) is 0 Å². The van der Waals surface area contributed by atoms with Crippen LogP contribution in [0.2, 0.25) is 0 Å². The van der Waals surface area contributed by atoms with Crippen LogP contribution in [0.3, 0.4) is 0 Å². The highest BCUT2D eigenvalue weighted by Crippen LogP contribution is 2.24. The summed E-state index contributed by atoms with van der Waals surface area (Å²) >= 11 is 0. The van der Waals surface area contributed by atoms with Crippen LogP contribution < -0.4 is 5.32 Å². The summed E-state index contributed by atoms with van der Waals surface area (Å²) in [5, 5.41) is 3.16. The molecule has 3 heteroatoms. The molecule has 0 atom stereocenters. The fourth-order valence-electron chi connectivity index (χ4n) is 3.66. The Bertz CT molecular complexity index is 268. The number of hydrogen-bond donors (Lipinski definition) is 1. The number of nitrogens with one attached hydrogen (secondary N) is 1. The number of carbonyl (C=O) groups excluding carboxylic acids is 1. The third kappa shape index (κ3) is 4.79. The minimum Gasteiger partial charge on any atom is -0.355 e. The Morgan fingerprint density at radius 2 is 1.68 bits per heavy atom. The molecule has 2 aliphatic rings. The minimum absolute atomic E-state index is 0.235. The molecule has 2 fully saturated rings. The van der Waals surface area contributed by atoms with E-state index in [1.807, 2.05) is 0 Å². The van der Waals surface area contributed by atoms with Crippen molar-refractivity contribution in [2.45, 2.75) is 70.8 Å². The highest BCUT2D eigenvalue weighted by molar-refractivity contribution is 5.78. The Balaban J connectivity index is 1.66. The first kappa shape index (κ1) is 14.8. The van der Waals surface area contributed by atoms with E-state index in [0.717, 1.165) is 19.0 Å². The molecule has 2 saturated carbocycles. The molecule has 0 aromatic heterocycles. The highest BCUT2D eigenvalue weighted by Gasteiger charge is 2.23. The predicted molar refractivity (Wildman–Crippen MR) is 79.1 cm³/mol. The van der Waals surface area contributed by atoms with Gasteiger partial charge in [0.15, 0.2) is 0 Å². The molecule has 0 bridgehead atoms. The van der Waals surface area contributed by atoms with E-state index >= 15 is 0 Å². The molecular formula is C16H30N2O. The summed E-state index contributed by atoms with van der Waals surface area (Å²) < 4.78 is 0. The molecule has 0 aromatic rings. The smallest absolute Gasteiger partial charge is 0.234 e. The zero-order valence-corrected chi connectivity index (χ0v) is 12.5. The van der Waals surface area contributed by atoms with E-state index < -0.39 is 0 Å². The van der Waals surface area contributed by atoms with Crippen molar-refractivity contribution in [2.24, 2.45) is 5.92 Å². The maximum absolute atomic E-state index is 12.1. The topological polar surface area (TPSA) is 32.3 Å². The van der Waals surface area contributed by atoms with Gasteiger partial charge in [-0.05, 0) is 38.1 Å². The Morgan fingerprint density at radius 1 is 1.05 bits per heavy atom.